The zero-order valence-electron chi connectivity index (χ0n) is 26.2. The first-order chi connectivity index (χ1) is 23.4. The van der Waals surface area contributed by atoms with Gasteiger partial charge in [-0.15, -0.1) is 11.8 Å². The average Bonchev–Trinajstić information content (AvgIpc) is 3.12. The molecule has 1 atom stereocenters. The van der Waals surface area contributed by atoms with Crippen molar-refractivity contribution in [2.45, 2.75) is 17.1 Å². The summed E-state index contributed by atoms with van der Waals surface area (Å²) in [7, 11) is 0. The highest BCUT2D eigenvalue weighted by atomic mass is 32.2. The van der Waals surface area contributed by atoms with E-state index in [0.29, 0.717) is 11.3 Å². The van der Waals surface area contributed by atoms with E-state index >= 15 is 0 Å². The minimum Gasteiger partial charge on any atom is -0.325 e. The molecular weight excluding hydrogens is 615 g/mol. The third kappa shape index (κ3) is 8.07. The zero-order chi connectivity index (χ0) is 33.3. The van der Waals surface area contributed by atoms with Gasteiger partial charge in [-0.05, 0) is 83.4 Å². The SMILES string of the molecule is Cc1ccc(NC(=O)C(Sc2ccc(NC(=O)/C(=C/c3cccc4ccccc34)NC(=O)c3ccccc3)cc2)c2ccccc2)cc1. The number of aryl methyl sites for hydroxylation is 1. The predicted molar refractivity (Wildman–Crippen MR) is 196 cm³/mol. The van der Waals surface area contributed by atoms with Gasteiger partial charge in [0.05, 0.1) is 0 Å². The molecule has 1 unspecified atom stereocenters. The van der Waals surface area contributed by atoms with Crippen LogP contribution in [-0.4, -0.2) is 17.7 Å². The molecule has 3 amide bonds. The Balaban J connectivity index is 1.22. The van der Waals surface area contributed by atoms with Crippen molar-refractivity contribution in [1.29, 1.82) is 0 Å². The van der Waals surface area contributed by atoms with E-state index in [1.165, 1.54) is 11.8 Å². The summed E-state index contributed by atoms with van der Waals surface area (Å²) in [6.45, 7) is 2.00. The second kappa shape index (κ2) is 15.1. The Morgan fingerprint density at radius 2 is 1.23 bits per heavy atom. The first-order valence-corrected chi connectivity index (χ1v) is 16.4. The van der Waals surface area contributed by atoms with E-state index in [4.69, 9.17) is 0 Å². The van der Waals surface area contributed by atoms with Crippen molar-refractivity contribution in [2.24, 2.45) is 0 Å². The highest BCUT2D eigenvalue weighted by molar-refractivity contribution is 8.00. The third-order valence-electron chi connectivity index (χ3n) is 7.68. The Kier molecular flexibility index (Phi) is 10.1. The average molecular weight is 648 g/mol. The van der Waals surface area contributed by atoms with Gasteiger partial charge in [0, 0.05) is 21.8 Å². The Bertz CT molecular complexity index is 2070. The van der Waals surface area contributed by atoms with Crippen LogP contribution in [0, 0.1) is 6.92 Å². The fraction of sp³-hybridized carbons (Fsp3) is 0.0488. The molecule has 6 aromatic carbocycles. The highest BCUT2D eigenvalue weighted by Gasteiger charge is 2.22. The maximum atomic E-state index is 13.7. The number of carbonyl (C=O) groups excluding carboxylic acids is 3. The van der Waals surface area contributed by atoms with Gasteiger partial charge < -0.3 is 16.0 Å². The van der Waals surface area contributed by atoms with E-state index in [1.54, 1.807) is 42.5 Å². The number of nitrogens with one attached hydrogen (secondary N) is 3. The molecule has 0 heterocycles. The number of amides is 3. The molecule has 3 N–H and O–H groups in total. The molecule has 0 fully saturated rings. The van der Waals surface area contributed by atoms with Crippen molar-refractivity contribution in [3.05, 3.63) is 180 Å². The molecule has 0 bridgehead atoms. The van der Waals surface area contributed by atoms with Gasteiger partial charge in [-0.2, -0.15) is 0 Å². The number of benzene rings is 6. The van der Waals surface area contributed by atoms with Gasteiger partial charge in [0.1, 0.15) is 10.9 Å². The quantitative estimate of drug-likeness (QED) is 0.102. The van der Waals surface area contributed by atoms with Crippen LogP contribution in [0.2, 0.25) is 0 Å². The van der Waals surface area contributed by atoms with Crippen molar-refractivity contribution in [2.75, 3.05) is 10.6 Å². The van der Waals surface area contributed by atoms with E-state index in [-0.39, 0.29) is 17.5 Å². The smallest absolute Gasteiger partial charge is 0.272 e. The number of carbonyl (C=O) groups is 3. The van der Waals surface area contributed by atoms with E-state index in [2.05, 4.69) is 16.0 Å². The maximum Gasteiger partial charge on any atom is 0.272 e. The van der Waals surface area contributed by atoms with Crippen LogP contribution in [0.1, 0.15) is 32.3 Å². The Morgan fingerprint density at radius 3 is 1.96 bits per heavy atom. The lowest BCUT2D eigenvalue weighted by Gasteiger charge is -2.18. The van der Waals surface area contributed by atoms with Gasteiger partial charge in [0.15, 0.2) is 0 Å². The lowest BCUT2D eigenvalue weighted by Crippen LogP contribution is -2.30. The van der Waals surface area contributed by atoms with E-state index in [1.807, 2.05) is 122 Å². The molecule has 0 saturated heterocycles. The molecule has 0 spiro atoms. The van der Waals surface area contributed by atoms with E-state index in [0.717, 1.165) is 38.0 Å². The molecule has 0 aromatic heterocycles. The van der Waals surface area contributed by atoms with Gasteiger partial charge in [-0.25, -0.2) is 0 Å². The Hall–Kier alpha value is -5.92. The second-order valence-electron chi connectivity index (χ2n) is 11.2. The molecule has 0 aliphatic heterocycles. The molecule has 6 aromatic rings. The fourth-order valence-corrected chi connectivity index (χ4v) is 6.20. The Morgan fingerprint density at radius 1 is 0.625 bits per heavy atom. The van der Waals surface area contributed by atoms with Crippen LogP contribution in [-0.2, 0) is 9.59 Å². The molecule has 0 aliphatic carbocycles. The van der Waals surface area contributed by atoms with Crippen LogP contribution >= 0.6 is 11.8 Å². The van der Waals surface area contributed by atoms with Crippen LogP contribution in [0.3, 0.4) is 0 Å². The number of fused-ring (bicyclic) bond motifs is 1. The molecule has 236 valence electrons. The summed E-state index contributed by atoms with van der Waals surface area (Å²) in [5.74, 6) is -0.989. The number of hydrogen-bond donors (Lipinski definition) is 3. The second-order valence-corrected chi connectivity index (χ2v) is 12.4. The van der Waals surface area contributed by atoms with E-state index in [9.17, 15) is 14.4 Å². The largest absolute Gasteiger partial charge is 0.325 e. The zero-order valence-corrected chi connectivity index (χ0v) is 27.0. The first-order valence-electron chi connectivity index (χ1n) is 15.5. The van der Waals surface area contributed by atoms with Gasteiger partial charge in [0.25, 0.3) is 11.8 Å². The molecule has 6 rings (SSSR count). The molecule has 0 radical (unpaired) electrons. The summed E-state index contributed by atoms with van der Waals surface area (Å²) in [5, 5.41) is 10.3. The minimum atomic E-state index is -0.503. The lowest BCUT2D eigenvalue weighted by atomic mass is 10.0. The molecule has 6 nitrogen and oxygen atoms in total. The lowest BCUT2D eigenvalue weighted by molar-refractivity contribution is -0.116. The number of thioether (sulfide) groups is 1. The number of rotatable bonds is 10. The fourth-order valence-electron chi connectivity index (χ4n) is 5.17. The van der Waals surface area contributed by atoms with Crippen molar-refractivity contribution in [3.8, 4) is 0 Å². The first kappa shape index (κ1) is 32.0. The van der Waals surface area contributed by atoms with Crippen LogP contribution in [0.15, 0.2) is 162 Å². The molecular formula is C41H33N3O3S. The molecule has 48 heavy (non-hydrogen) atoms. The number of hydrogen-bond acceptors (Lipinski definition) is 4. The normalized spacial score (nSPS) is 11.8. The Labute approximate surface area is 283 Å². The van der Waals surface area contributed by atoms with Crippen molar-refractivity contribution in [1.82, 2.24) is 5.32 Å². The van der Waals surface area contributed by atoms with Crippen LogP contribution in [0.5, 0.6) is 0 Å². The topological polar surface area (TPSA) is 87.3 Å². The summed E-state index contributed by atoms with van der Waals surface area (Å²) < 4.78 is 0. The standard InChI is InChI=1S/C41H33N3O3S/c1-28-19-21-33(22-20-28)43-41(47)38(30-12-4-2-5-13-30)48-35-25-23-34(24-26-35)42-40(46)37(44-39(45)31-14-6-3-7-15-31)27-32-17-10-16-29-11-8-9-18-36(29)32/h2-27,38H,1H3,(H,42,46)(H,43,47)(H,44,45)/b37-27-. The monoisotopic (exact) mass is 647 g/mol. The van der Waals surface area contributed by atoms with Gasteiger partial charge >= 0.3 is 0 Å². The van der Waals surface area contributed by atoms with Crippen LogP contribution in [0.25, 0.3) is 16.8 Å². The predicted octanol–water partition coefficient (Wildman–Crippen LogP) is 9.03. The summed E-state index contributed by atoms with van der Waals surface area (Å²) in [6.07, 6.45) is 1.69. The number of anilines is 2. The van der Waals surface area contributed by atoms with Crippen molar-refractivity contribution < 1.29 is 14.4 Å². The van der Waals surface area contributed by atoms with Gasteiger partial charge in [0.2, 0.25) is 5.91 Å². The minimum absolute atomic E-state index is 0.107. The summed E-state index contributed by atoms with van der Waals surface area (Å²) in [4.78, 5) is 41.2. The highest BCUT2D eigenvalue weighted by Crippen LogP contribution is 2.37. The van der Waals surface area contributed by atoms with Crippen LogP contribution < -0.4 is 16.0 Å². The maximum absolute atomic E-state index is 13.7. The van der Waals surface area contributed by atoms with Crippen LogP contribution in [0.4, 0.5) is 11.4 Å². The van der Waals surface area contributed by atoms with Crippen molar-refractivity contribution in [3.63, 3.8) is 0 Å². The van der Waals surface area contributed by atoms with Gasteiger partial charge in [-0.3, -0.25) is 14.4 Å². The van der Waals surface area contributed by atoms with Crippen molar-refractivity contribution >= 4 is 57.7 Å². The molecule has 0 aliphatic rings. The summed E-state index contributed by atoms with van der Waals surface area (Å²) in [6, 6.07) is 47.1. The summed E-state index contributed by atoms with van der Waals surface area (Å²) in [5.41, 5.74) is 4.62. The molecule has 0 saturated carbocycles. The summed E-state index contributed by atoms with van der Waals surface area (Å²) >= 11 is 1.42. The van der Waals surface area contributed by atoms with Gasteiger partial charge in [-0.1, -0.05) is 109 Å². The third-order valence-corrected chi connectivity index (χ3v) is 8.94. The molecule has 7 heteroatoms. The van der Waals surface area contributed by atoms with E-state index < -0.39 is 11.2 Å².